The summed E-state index contributed by atoms with van der Waals surface area (Å²) in [6.07, 6.45) is 4.06. The average Bonchev–Trinajstić information content (AvgIpc) is 3.48. The van der Waals surface area contributed by atoms with Crippen molar-refractivity contribution in [2.24, 2.45) is 16.1 Å². The van der Waals surface area contributed by atoms with Gasteiger partial charge in [0.25, 0.3) is 5.91 Å². The smallest absolute Gasteiger partial charge is 0.302 e. The molecule has 0 spiro atoms. The Morgan fingerprint density at radius 1 is 1.02 bits per heavy atom. The number of hydrogen-bond donors (Lipinski definition) is 2. The lowest BCUT2D eigenvalue weighted by atomic mass is 9.97. The van der Waals surface area contributed by atoms with Gasteiger partial charge in [-0.2, -0.15) is 5.11 Å². The highest BCUT2D eigenvalue weighted by atomic mass is 32.2. The number of amides is 3. The van der Waals surface area contributed by atoms with Crippen molar-refractivity contribution in [2.45, 2.75) is 65.0 Å². The molecule has 13 nitrogen and oxygen atoms in total. The monoisotopic (exact) mass is 632 g/mol. The van der Waals surface area contributed by atoms with E-state index in [4.69, 9.17) is 4.74 Å². The molecular formula is C30H44N6O7S. The van der Waals surface area contributed by atoms with Crippen LogP contribution < -0.4 is 10.0 Å². The summed E-state index contributed by atoms with van der Waals surface area (Å²) in [6, 6.07) is 7.54. The number of rotatable bonds is 13. The Balaban J connectivity index is 1.46. The van der Waals surface area contributed by atoms with Crippen molar-refractivity contribution in [3.8, 4) is 0 Å². The highest BCUT2D eigenvalue weighted by Crippen LogP contribution is 2.21. The second kappa shape index (κ2) is 16.5. The molecule has 2 N–H and O–H groups in total. The Labute approximate surface area is 259 Å². The minimum absolute atomic E-state index is 0.0384. The van der Waals surface area contributed by atoms with Crippen LogP contribution in [0.25, 0.3) is 0 Å². The third-order valence-corrected chi connectivity index (χ3v) is 8.64. The average molecular weight is 633 g/mol. The first-order chi connectivity index (χ1) is 20.8. The van der Waals surface area contributed by atoms with Gasteiger partial charge in [0.1, 0.15) is 25.4 Å². The van der Waals surface area contributed by atoms with Crippen LogP contribution in [0.5, 0.6) is 0 Å². The fraction of sp³-hybridized carbons (Fsp3) is 0.600. The molecule has 0 bridgehead atoms. The Morgan fingerprint density at radius 3 is 2.34 bits per heavy atom. The maximum absolute atomic E-state index is 13.5. The number of likely N-dealkylation sites (tertiary alicyclic amines) is 2. The fourth-order valence-electron chi connectivity index (χ4n) is 5.25. The molecule has 1 aromatic rings. The number of hydrogen-bond acceptors (Lipinski definition) is 9. The van der Waals surface area contributed by atoms with E-state index in [0.29, 0.717) is 37.1 Å². The molecular weight excluding hydrogens is 588 g/mol. The van der Waals surface area contributed by atoms with E-state index in [2.05, 4.69) is 25.2 Å². The Hall–Kier alpha value is -3.49. The lowest BCUT2D eigenvalue weighted by molar-refractivity contribution is -0.140. The predicted molar refractivity (Wildman–Crippen MR) is 164 cm³/mol. The summed E-state index contributed by atoms with van der Waals surface area (Å²) in [5.74, 6) is -1.26. The van der Waals surface area contributed by atoms with E-state index in [1.807, 2.05) is 30.3 Å². The highest BCUT2D eigenvalue weighted by Gasteiger charge is 2.38. The van der Waals surface area contributed by atoms with E-state index in [1.165, 1.54) is 11.8 Å². The molecule has 0 radical (unpaired) electrons. The van der Waals surface area contributed by atoms with Crippen molar-refractivity contribution in [1.29, 1.82) is 0 Å². The molecule has 2 aliphatic heterocycles. The molecule has 2 aliphatic rings. The first-order valence-corrected chi connectivity index (χ1v) is 16.8. The first kappa shape index (κ1) is 35.0. The van der Waals surface area contributed by atoms with E-state index in [0.717, 1.165) is 37.8 Å². The second-order valence-electron chi connectivity index (χ2n) is 11.5. The standard InChI is InChI=1S/C30H44N6O7S/c1-21(19-43-23(3)37)22(2)28(38)33-32-20-35-15-12-25(13-16-35)18-31-29(39)27-11-8-14-36(27)30(40)26(34-44(4,41)42)17-24-9-6-5-7-10-24/h5-7,9-10,25-27,34H,8,11-20H2,1-4H3,(H,31,39)/t26-,27+/m1/s1. The Bertz CT molecular complexity index is 1340. The Kier molecular flexibility index (Phi) is 13.2. The lowest BCUT2D eigenvalue weighted by Crippen LogP contribution is -2.54. The van der Waals surface area contributed by atoms with Crippen LogP contribution in [-0.2, 0) is 40.4 Å². The highest BCUT2D eigenvalue weighted by molar-refractivity contribution is 7.88. The minimum Gasteiger partial charge on any atom is -0.461 e. The summed E-state index contributed by atoms with van der Waals surface area (Å²) in [6.45, 7) is 7.30. The summed E-state index contributed by atoms with van der Waals surface area (Å²) in [5.41, 5.74) is 1.83. The molecule has 1 aromatic carbocycles. The maximum Gasteiger partial charge on any atom is 0.302 e. The van der Waals surface area contributed by atoms with Crippen molar-refractivity contribution >= 4 is 33.7 Å². The van der Waals surface area contributed by atoms with Crippen LogP contribution in [-0.4, -0.2) is 99.7 Å². The van der Waals surface area contributed by atoms with Gasteiger partial charge < -0.3 is 15.0 Å². The van der Waals surface area contributed by atoms with Crippen LogP contribution in [0.15, 0.2) is 51.7 Å². The zero-order chi connectivity index (χ0) is 32.3. The molecule has 14 heteroatoms. The number of esters is 1. The van der Waals surface area contributed by atoms with Gasteiger partial charge in [0.05, 0.1) is 6.26 Å². The van der Waals surface area contributed by atoms with Gasteiger partial charge >= 0.3 is 5.97 Å². The maximum atomic E-state index is 13.5. The number of carbonyl (C=O) groups is 4. The summed E-state index contributed by atoms with van der Waals surface area (Å²) in [7, 11) is -3.66. The van der Waals surface area contributed by atoms with Crippen LogP contribution in [0.4, 0.5) is 0 Å². The SMILES string of the molecule is CC(=O)OCC(C)=C(C)C(=O)N=NCN1CCC(CNC(=O)[C@@H]2CCCN2C(=O)[C@@H](Cc2ccccc2)NS(C)(=O)=O)CC1. The lowest BCUT2D eigenvalue weighted by Gasteiger charge is -2.31. The number of sulfonamides is 1. The summed E-state index contributed by atoms with van der Waals surface area (Å²) in [4.78, 5) is 53.5. The van der Waals surface area contributed by atoms with Crippen LogP contribution in [0, 0.1) is 5.92 Å². The molecule has 44 heavy (non-hydrogen) atoms. The number of nitrogens with zero attached hydrogens (tertiary/aromatic N) is 4. The molecule has 242 valence electrons. The topological polar surface area (TPSA) is 167 Å². The number of azo groups is 1. The van der Waals surface area contributed by atoms with Crippen LogP contribution in [0.3, 0.4) is 0 Å². The third-order valence-electron chi connectivity index (χ3n) is 7.93. The molecule has 0 aromatic heterocycles. The van der Waals surface area contributed by atoms with Crippen molar-refractivity contribution < 1.29 is 32.3 Å². The number of ether oxygens (including phenoxy) is 1. The van der Waals surface area contributed by atoms with Gasteiger partial charge in [-0.25, -0.2) is 13.1 Å². The summed E-state index contributed by atoms with van der Waals surface area (Å²) in [5, 5.41) is 10.8. The van der Waals surface area contributed by atoms with Gasteiger partial charge in [-0.05, 0) is 63.0 Å². The van der Waals surface area contributed by atoms with E-state index in [1.54, 1.807) is 13.8 Å². The summed E-state index contributed by atoms with van der Waals surface area (Å²) < 4.78 is 31.5. The predicted octanol–water partition coefficient (Wildman–Crippen LogP) is 1.80. The van der Waals surface area contributed by atoms with Crippen LogP contribution >= 0.6 is 0 Å². The van der Waals surface area contributed by atoms with Gasteiger partial charge in [0.2, 0.25) is 21.8 Å². The zero-order valence-electron chi connectivity index (χ0n) is 26.0. The second-order valence-corrected chi connectivity index (χ2v) is 13.3. The molecule has 0 saturated carbocycles. The van der Waals surface area contributed by atoms with Crippen LogP contribution in [0.1, 0.15) is 52.0 Å². The van der Waals surface area contributed by atoms with Crippen molar-refractivity contribution in [3.63, 3.8) is 0 Å². The van der Waals surface area contributed by atoms with Crippen molar-refractivity contribution in [2.75, 3.05) is 45.7 Å². The molecule has 2 fully saturated rings. The molecule has 2 heterocycles. The molecule has 0 unspecified atom stereocenters. The quantitative estimate of drug-likeness (QED) is 0.189. The fourth-order valence-corrected chi connectivity index (χ4v) is 5.95. The van der Waals surface area contributed by atoms with Gasteiger partial charge in [-0.3, -0.25) is 24.1 Å². The molecule has 3 rings (SSSR count). The normalized spacial score (nSPS) is 19.5. The Morgan fingerprint density at radius 2 is 1.70 bits per heavy atom. The largest absolute Gasteiger partial charge is 0.461 e. The molecule has 2 saturated heterocycles. The number of carbonyl (C=O) groups excluding carboxylic acids is 4. The number of benzene rings is 1. The van der Waals surface area contributed by atoms with E-state index >= 15 is 0 Å². The van der Waals surface area contributed by atoms with E-state index in [-0.39, 0.29) is 31.5 Å². The molecule has 3 amide bonds. The van der Waals surface area contributed by atoms with Crippen molar-refractivity contribution in [3.05, 3.63) is 47.0 Å². The third kappa shape index (κ3) is 11.2. The van der Waals surface area contributed by atoms with E-state index in [9.17, 15) is 27.6 Å². The van der Waals surface area contributed by atoms with Crippen molar-refractivity contribution in [1.82, 2.24) is 19.8 Å². The molecule has 2 atom stereocenters. The van der Waals surface area contributed by atoms with Gasteiger partial charge in [0, 0.05) is 38.7 Å². The first-order valence-electron chi connectivity index (χ1n) is 14.9. The number of nitrogens with one attached hydrogen (secondary N) is 2. The minimum atomic E-state index is -3.66. The van der Waals surface area contributed by atoms with Crippen LogP contribution in [0.2, 0.25) is 0 Å². The van der Waals surface area contributed by atoms with E-state index < -0.39 is 39.9 Å². The van der Waals surface area contributed by atoms with Gasteiger partial charge in [-0.1, -0.05) is 30.3 Å². The van der Waals surface area contributed by atoms with Gasteiger partial charge in [0.15, 0.2) is 0 Å². The number of piperidine rings is 1. The molecule has 0 aliphatic carbocycles. The van der Waals surface area contributed by atoms with Gasteiger partial charge in [-0.15, -0.1) is 5.11 Å². The zero-order valence-corrected chi connectivity index (χ0v) is 26.8. The summed E-state index contributed by atoms with van der Waals surface area (Å²) >= 11 is 0.